The number of nitrogens with zero attached hydrogens (tertiary/aromatic N) is 3. The van der Waals surface area contributed by atoms with E-state index in [9.17, 15) is 4.79 Å². The number of rotatable bonds is 5. The van der Waals surface area contributed by atoms with E-state index < -0.39 is 0 Å². The number of carbonyl (C=O) groups is 1. The van der Waals surface area contributed by atoms with E-state index >= 15 is 0 Å². The first-order valence-electron chi connectivity index (χ1n) is 9.07. The molecule has 1 aliphatic heterocycles. The Labute approximate surface area is 162 Å². The molecule has 1 atom stereocenters. The number of carbonyl (C=O) groups excluding carboxylic acids is 1. The highest BCUT2D eigenvalue weighted by atomic mass is 32.1. The van der Waals surface area contributed by atoms with Crippen LogP contribution in [-0.4, -0.2) is 33.2 Å². The van der Waals surface area contributed by atoms with E-state index in [4.69, 9.17) is 4.74 Å². The summed E-state index contributed by atoms with van der Waals surface area (Å²) in [6.07, 6.45) is 5.77. The molecule has 4 heterocycles. The zero-order valence-electron chi connectivity index (χ0n) is 15.4. The number of aromatic nitrogens is 3. The van der Waals surface area contributed by atoms with Gasteiger partial charge in [-0.05, 0) is 44.9 Å². The van der Waals surface area contributed by atoms with Gasteiger partial charge in [0.15, 0.2) is 5.13 Å². The molecule has 6 nitrogen and oxygen atoms in total. The molecule has 0 aliphatic carbocycles. The lowest BCUT2D eigenvalue weighted by Crippen LogP contribution is -2.16. The minimum atomic E-state index is -0.179. The highest BCUT2D eigenvalue weighted by Gasteiger charge is 2.20. The summed E-state index contributed by atoms with van der Waals surface area (Å²) in [6.45, 7) is 5.98. The lowest BCUT2D eigenvalue weighted by atomic mass is 10.2. The fourth-order valence-corrected chi connectivity index (χ4v) is 4.17. The van der Waals surface area contributed by atoms with Gasteiger partial charge in [-0.25, -0.2) is 4.98 Å². The maximum atomic E-state index is 12.3. The molecule has 0 spiro atoms. The van der Waals surface area contributed by atoms with Crippen LogP contribution in [0, 0.1) is 13.8 Å². The van der Waals surface area contributed by atoms with Crippen LogP contribution in [0.4, 0.5) is 5.13 Å². The second-order valence-electron chi connectivity index (χ2n) is 6.76. The van der Waals surface area contributed by atoms with Crippen molar-refractivity contribution in [2.75, 3.05) is 11.9 Å². The van der Waals surface area contributed by atoms with E-state index in [0.29, 0.717) is 16.8 Å². The highest BCUT2D eigenvalue weighted by molar-refractivity contribution is 7.14. The molecule has 0 saturated carbocycles. The molecule has 0 aromatic carbocycles. The molecule has 4 rings (SSSR count). The number of thiazole rings is 1. The molecule has 1 fully saturated rings. The number of amides is 1. The van der Waals surface area contributed by atoms with Crippen LogP contribution in [-0.2, 0) is 11.3 Å². The summed E-state index contributed by atoms with van der Waals surface area (Å²) in [5.41, 5.74) is 4.94. The summed E-state index contributed by atoms with van der Waals surface area (Å²) in [4.78, 5) is 20.8. The number of nitrogens with one attached hydrogen (secondary N) is 1. The quantitative estimate of drug-likeness (QED) is 0.723. The van der Waals surface area contributed by atoms with Gasteiger partial charge in [0.25, 0.3) is 5.91 Å². The minimum Gasteiger partial charge on any atom is -0.376 e. The van der Waals surface area contributed by atoms with Crippen LogP contribution in [0.5, 0.6) is 0 Å². The van der Waals surface area contributed by atoms with Crippen LogP contribution >= 0.6 is 11.3 Å². The molecular formula is C20H22N4O2S. The smallest absolute Gasteiger partial charge is 0.257 e. The molecule has 1 N–H and O–H groups in total. The second-order valence-corrected chi connectivity index (χ2v) is 7.62. The predicted molar refractivity (Wildman–Crippen MR) is 106 cm³/mol. The SMILES string of the molecule is Cc1cc(-c2csc(NC(=O)c3ccncc3)n2)c(C)n1C[C@H]1CCCO1. The van der Waals surface area contributed by atoms with Gasteiger partial charge < -0.3 is 9.30 Å². The van der Waals surface area contributed by atoms with Crippen molar-refractivity contribution >= 4 is 22.4 Å². The number of aryl methyl sites for hydroxylation is 1. The van der Waals surface area contributed by atoms with Crippen molar-refractivity contribution in [1.29, 1.82) is 0 Å². The van der Waals surface area contributed by atoms with Crippen LogP contribution < -0.4 is 5.32 Å². The van der Waals surface area contributed by atoms with Gasteiger partial charge in [0.2, 0.25) is 0 Å². The van der Waals surface area contributed by atoms with Crippen LogP contribution in [0.1, 0.15) is 34.6 Å². The monoisotopic (exact) mass is 382 g/mol. The van der Waals surface area contributed by atoms with Gasteiger partial charge in [0.05, 0.1) is 11.8 Å². The van der Waals surface area contributed by atoms with Crippen molar-refractivity contribution in [2.24, 2.45) is 0 Å². The average Bonchev–Trinajstić information content (AvgIpc) is 3.41. The Hall–Kier alpha value is -2.51. The Bertz CT molecular complexity index is 942. The molecule has 3 aromatic heterocycles. The maximum absolute atomic E-state index is 12.3. The molecule has 0 unspecified atom stereocenters. The Balaban J connectivity index is 1.52. The van der Waals surface area contributed by atoms with E-state index in [0.717, 1.165) is 37.3 Å². The molecule has 140 valence electrons. The molecule has 3 aromatic rings. The van der Waals surface area contributed by atoms with E-state index in [1.54, 1.807) is 24.5 Å². The predicted octanol–water partition coefficient (Wildman–Crippen LogP) is 4.05. The molecule has 1 saturated heterocycles. The zero-order chi connectivity index (χ0) is 18.8. The number of hydrogen-bond acceptors (Lipinski definition) is 5. The molecular weight excluding hydrogens is 360 g/mol. The topological polar surface area (TPSA) is 69.0 Å². The van der Waals surface area contributed by atoms with Gasteiger partial charge >= 0.3 is 0 Å². The summed E-state index contributed by atoms with van der Waals surface area (Å²) in [6, 6.07) is 5.53. The van der Waals surface area contributed by atoms with Crippen LogP contribution in [0.3, 0.4) is 0 Å². The van der Waals surface area contributed by atoms with Gasteiger partial charge in [-0.15, -0.1) is 11.3 Å². The van der Waals surface area contributed by atoms with Crippen LogP contribution in [0.2, 0.25) is 0 Å². The van der Waals surface area contributed by atoms with Crippen molar-refractivity contribution in [3.8, 4) is 11.3 Å². The van der Waals surface area contributed by atoms with E-state index in [1.165, 1.54) is 22.7 Å². The molecule has 7 heteroatoms. The summed E-state index contributed by atoms with van der Waals surface area (Å²) in [5.74, 6) is -0.179. The lowest BCUT2D eigenvalue weighted by molar-refractivity contribution is 0.0962. The van der Waals surface area contributed by atoms with E-state index in [1.807, 2.05) is 5.38 Å². The Morgan fingerprint density at radius 3 is 2.93 bits per heavy atom. The first-order chi connectivity index (χ1) is 13.1. The van der Waals surface area contributed by atoms with Gasteiger partial charge in [-0.2, -0.15) is 0 Å². The van der Waals surface area contributed by atoms with E-state index in [2.05, 4.69) is 39.8 Å². The first-order valence-corrected chi connectivity index (χ1v) is 9.95. The van der Waals surface area contributed by atoms with Crippen LogP contribution in [0.15, 0.2) is 36.0 Å². The number of hydrogen-bond donors (Lipinski definition) is 1. The lowest BCUT2D eigenvalue weighted by Gasteiger charge is -2.14. The number of anilines is 1. The van der Waals surface area contributed by atoms with Crippen molar-refractivity contribution in [3.05, 3.63) is 52.9 Å². The number of ether oxygens (including phenoxy) is 1. The third kappa shape index (κ3) is 3.79. The van der Waals surface area contributed by atoms with Gasteiger partial charge in [0.1, 0.15) is 0 Å². The fraction of sp³-hybridized carbons (Fsp3) is 0.350. The second kappa shape index (κ2) is 7.62. The standard InChI is InChI=1S/C20H22N4O2S/c1-13-10-17(14(2)24(13)11-16-4-3-9-26-16)18-12-27-20(22-18)23-19(25)15-5-7-21-8-6-15/h5-8,10,12,16H,3-4,9,11H2,1-2H3,(H,22,23,25)/t16-/m1/s1. The Morgan fingerprint density at radius 2 is 2.19 bits per heavy atom. The van der Waals surface area contributed by atoms with Gasteiger partial charge in [-0.3, -0.25) is 15.1 Å². The molecule has 1 aliphatic rings. The molecule has 27 heavy (non-hydrogen) atoms. The fourth-order valence-electron chi connectivity index (χ4n) is 3.46. The first kappa shape index (κ1) is 17.9. The maximum Gasteiger partial charge on any atom is 0.257 e. The Morgan fingerprint density at radius 1 is 1.37 bits per heavy atom. The van der Waals surface area contributed by atoms with Crippen molar-refractivity contribution < 1.29 is 9.53 Å². The summed E-state index contributed by atoms with van der Waals surface area (Å²) in [5, 5.41) is 5.44. The van der Waals surface area contributed by atoms with Crippen molar-refractivity contribution in [3.63, 3.8) is 0 Å². The third-order valence-corrected chi connectivity index (χ3v) is 5.68. The van der Waals surface area contributed by atoms with Gasteiger partial charge in [0, 0.05) is 53.4 Å². The molecule has 0 bridgehead atoms. The normalized spacial score (nSPS) is 16.6. The summed E-state index contributed by atoms with van der Waals surface area (Å²) in [7, 11) is 0. The summed E-state index contributed by atoms with van der Waals surface area (Å²) >= 11 is 1.43. The van der Waals surface area contributed by atoms with Crippen LogP contribution in [0.25, 0.3) is 11.3 Å². The van der Waals surface area contributed by atoms with Crippen molar-refractivity contribution in [2.45, 2.75) is 39.3 Å². The largest absolute Gasteiger partial charge is 0.376 e. The summed E-state index contributed by atoms with van der Waals surface area (Å²) < 4.78 is 8.09. The Kier molecular flexibility index (Phi) is 5.05. The molecule has 1 amide bonds. The highest BCUT2D eigenvalue weighted by Crippen LogP contribution is 2.31. The average molecular weight is 382 g/mol. The van der Waals surface area contributed by atoms with E-state index in [-0.39, 0.29) is 5.91 Å². The van der Waals surface area contributed by atoms with Gasteiger partial charge in [-0.1, -0.05) is 0 Å². The third-order valence-electron chi connectivity index (χ3n) is 4.93. The van der Waals surface area contributed by atoms with Crippen molar-refractivity contribution in [1.82, 2.24) is 14.5 Å². The minimum absolute atomic E-state index is 0.179. The molecule has 0 radical (unpaired) electrons. The zero-order valence-corrected chi connectivity index (χ0v) is 16.3. The number of pyridine rings is 1.